The monoisotopic (exact) mass is 1140 g/mol. The molecule has 5 aromatic carbocycles. The van der Waals surface area contributed by atoms with E-state index in [-0.39, 0.29) is 18.2 Å². The molecule has 0 spiro atoms. The van der Waals surface area contributed by atoms with E-state index < -0.39 is 10.9 Å². The summed E-state index contributed by atoms with van der Waals surface area (Å²) in [7, 11) is -0.462. The van der Waals surface area contributed by atoms with Gasteiger partial charge >= 0.3 is 0 Å². The van der Waals surface area contributed by atoms with E-state index in [1.165, 1.54) is 22.8 Å². The Kier molecular flexibility index (Phi) is 11.8. The van der Waals surface area contributed by atoms with Gasteiger partial charge in [-0.3, -0.25) is 0 Å². The molecule has 5 aromatic rings. The number of benzene rings is 5. The van der Waals surface area contributed by atoms with Gasteiger partial charge in [-0.2, -0.15) is 0 Å². The maximum Gasteiger partial charge on any atom is 0.166 e. The zero-order chi connectivity index (χ0) is 29.8. The lowest BCUT2D eigenvalue weighted by Gasteiger charge is -2.12. The number of hydrogen-bond donors (Lipinski definition) is 1. The van der Waals surface area contributed by atoms with Gasteiger partial charge in [0.2, 0.25) is 0 Å². The van der Waals surface area contributed by atoms with Crippen molar-refractivity contribution >= 4 is 124 Å². The largest absolute Gasteiger partial charge is 0.506 e. The summed E-state index contributed by atoms with van der Waals surface area (Å²) in [5.74, 6) is 1.49. The molecular formula is C32H21FI5O3S+. The highest BCUT2D eigenvalue weighted by molar-refractivity contribution is 14.1. The Morgan fingerprint density at radius 3 is 1.52 bits per heavy atom. The summed E-state index contributed by atoms with van der Waals surface area (Å²) >= 11 is 11.4. The molecule has 0 aliphatic rings. The highest BCUT2D eigenvalue weighted by Crippen LogP contribution is 2.34. The zero-order valence-corrected chi connectivity index (χ0v) is 33.2. The maximum atomic E-state index is 13.8. The minimum atomic E-state index is -0.462. The van der Waals surface area contributed by atoms with Crippen LogP contribution in [0.3, 0.4) is 0 Å². The number of halogens is 6. The zero-order valence-electron chi connectivity index (χ0n) is 21.6. The molecule has 0 aliphatic carbocycles. The lowest BCUT2D eigenvalue weighted by atomic mass is 10.2. The maximum absolute atomic E-state index is 13.8. The van der Waals surface area contributed by atoms with Crippen LogP contribution in [-0.4, -0.2) is 5.11 Å². The van der Waals surface area contributed by atoms with Crippen molar-refractivity contribution in [3.8, 4) is 17.2 Å². The Hall–Kier alpha value is -0.570. The van der Waals surface area contributed by atoms with Crippen molar-refractivity contribution < 1.29 is 19.0 Å². The molecule has 1 atom stereocenters. The van der Waals surface area contributed by atoms with Gasteiger partial charge in [-0.25, -0.2) is 4.39 Å². The van der Waals surface area contributed by atoms with Crippen LogP contribution in [-0.2, 0) is 24.1 Å². The van der Waals surface area contributed by atoms with E-state index in [0.717, 1.165) is 38.7 Å². The summed E-state index contributed by atoms with van der Waals surface area (Å²) in [6.45, 7) is 0.762. The Morgan fingerprint density at radius 2 is 1.00 bits per heavy atom. The van der Waals surface area contributed by atoms with Gasteiger partial charge < -0.3 is 14.6 Å². The lowest BCUT2D eigenvalue weighted by Crippen LogP contribution is -2.06. The van der Waals surface area contributed by atoms with Crippen molar-refractivity contribution in [2.45, 2.75) is 27.9 Å². The van der Waals surface area contributed by atoms with Gasteiger partial charge in [0.25, 0.3) is 0 Å². The van der Waals surface area contributed by atoms with Gasteiger partial charge in [0.15, 0.2) is 14.7 Å². The Balaban J connectivity index is 1.35. The Labute approximate surface area is 315 Å². The molecule has 42 heavy (non-hydrogen) atoms. The van der Waals surface area contributed by atoms with E-state index in [0.29, 0.717) is 12.4 Å². The minimum Gasteiger partial charge on any atom is -0.506 e. The third kappa shape index (κ3) is 8.37. The summed E-state index contributed by atoms with van der Waals surface area (Å²) in [5.41, 5.74) is 1.91. The van der Waals surface area contributed by atoms with Gasteiger partial charge in [-0.15, -0.1) is 0 Å². The van der Waals surface area contributed by atoms with Gasteiger partial charge in [0.05, 0.1) is 14.5 Å². The highest BCUT2D eigenvalue weighted by Gasteiger charge is 2.29. The Bertz CT molecular complexity index is 1590. The first-order valence-electron chi connectivity index (χ1n) is 12.4. The van der Waals surface area contributed by atoms with Gasteiger partial charge in [0, 0.05) is 25.4 Å². The van der Waals surface area contributed by atoms with Crippen LogP contribution in [0.25, 0.3) is 0 Å². The van der Waals surface area contributed by atoms with Crippen LogP contribution in [0.1, 0.15) is 11.1 Å². The second-order valence-corrected chi connectivity index (χ2v) is 17.0. The average molecular weight is 1140 g/mol. The molecule has 1 N–H and O–H groups in total. The van der Waals surface area contributed by atoms with Crippen LogP contribution in [0.15, 0.2) is 112 Å². The van der Waals surface area contributed by atoms with E-state index in [1.807, 2.05) is 60.7 Å². The second kappa shape index (κ2) is 15.1. The molecule has 0 fully saturated rings. The molecule has 214 valence electrons. The van der Waals surface area contributed by atoms with Gasteiger partial charge in [-0.05, 0) is 210 Å². The predicted octanol–water partition coefficient (Wildman–Crippen LogP) is 10.8. The van der Waals surface area contributed by atoms with Crippen LogP contribution in [0.5, 0.6) is 17.2 Å². The quantitative estimate of drug-likeness (QED) is 0.0908. The van der Waals surface area contributed by atoms with Gasteiger partial charge in [0.1, 0.15) is 36.3 Å². The SMILES string of the molecule is Oc1c(I)cc(I)cc1COc1ccc([S+](c2ccc(F)cc2)c2ccc(OCc3cc(I)cc(I)c3I)cc2)cc1. The summed E-state index contributed by atoms with van der Waals surface area (Å²) in [5, 5.41) is 10.4. The van der Waals surface area contributed by atoms with E-state index in [9.17, 15) is 9.50 Å². The number of ether oxygens (including phenoxy) is 2. The molecule has 0 saturated heterocycles. The van der Waals surface area contributed by atoms with E-state index in [2.05, 4.69) is 137 Å². The van der Waals surface area contributed by atoms with Crippen LogP contribution in [0, 0.1) is 23.7 Å². The van der Waals surface area contributed by atoms with Crippen molar-refractivity contribution in [3.05, 3.63) is 132 Å². The molecule has 0 aromatic heterocycles. The Morgan fingerprint density at radius 1 is 0.571 bits per heavy atom. The average Bonchev–Trinajstić information content (AvgIpc) is 2.97. The topological polar surface area (TPSA) is 38.7 Å². The fraction of sp³-hybridized carbons (Fsp3) is 0.0625. The van der Waals surface area contributed by atoms with Crippen molar-refractivity contribution in [1.82, 2.24) is 0 Å². The van der Waals surface area contributed by atoms with Crippen LogP contribution >= 0.6 is 113 Å². The molecule has 0 saturated carbocycles. The second-order valence-electron chi connectivity index (χ2n) is 9.04. The van der Waals surface area contributed by atoms with Crippen molar-refractivity contribution in [2.24, 2.45) is 0 Å². The van der Waals surface area contributed by atoms with E-state index >= 15 is 0 Å². The summed E-state index contributed by atoms with van der Waals surface area (Å²) in [6.07, 6.45) is 0. The lowest BCUT2D eigenvalue weighted by molar-refractivity contribution is 0.298. The van der Waals surface area contributed by atoms with E-state index in [4.69, 9.17) is 9.47 Å². The van der Waals surface area contributed by atoms with Crippen LogP contribution < -0.4 is 9.47 Å². The van der Waals surface area contributed by atoms with E-state index in [1.54, 1.807) is 0 Å². The molecular weight excluding hydrogens is 1120 g/mol. The van der Waals surface area contributed by atoms with Crippen molar-refractivity contribution in [3.63, 3.8) is 0 Å². The molecule has 5 rings (SSSR count). The molecule has 0 amide bonds. The van der Waals surface area contributed by atoms with Crippen LogP contribution in [0.2, 0.25) is 0 Å². The standard InChI is InChI=1S/C32H20FI5O3S/c33-21-1-7-26(8-2-21)42(27-9-3-24(4-10-27)40-17-19-13-22(34)15-29(36)31(19)38)28-11-5-25(6-12-28)41-18-20-14-23(35)16-30(37)32(20)39/h1-16H,17-18H2/p+1. The first-order valence-corrected chi connectivity index (χ1v) is 19.1. The minimum absolute atomic E-state index is 0.251. The number of phenolic OH excluding ortho intramolecular Hbond substituents is 1. The van der Waals surface area contributed by atoms with Crippen molar-refractivity contribution in [1.29, 1.82) is 0 Å². The number of rotatable bonds is 9. The number of phenols is 1. The summed E-state index contributed by atoms with van der Waals surface area (Å²) in [6, 6.07) is 31.0. The highest BCUT2D eigenvalue weighted by atomic mass is 127. The first-order chi connectivity index (χ1) is 20.2. The van der Waals surface area contributed by atoms with Gasteiger partial charge in [-0.1, -0.05) is 0 Å². The molecule has 10 heteroatoms. The number of aromatic hydroxyl groups is 1. The molecule has 3 nitrogen and oxygen atoms in total. The normalized spacial score (nSPS) is 11.8. The fourth-order valence-electron chi connectivity index (χ4n) is 4.09. The summed E-state index contributed by atoms with van der Waals surface area (Å²) in [4.78, 5) is 3.19. The third-order valence-electron chi connectivity index (χ3n) is 6.13. The fourth-order valence-corrected chi connectivity index (χ4v) is 10.5. The molecule has 0 radical (unpaired) electrons. The smallest absolute Gasteiger partial charge is 0.166 e. The first kappa shape index (κ1) is 32.8. The molecule has 0 aliphatic heterocycles. The molecule has 1 unspecified atom stereocenters. The molecule has 0 bridgehead atoms. The van der Waals surface area contributed by atoms with Crippen LogP contribution in [0.4, 0.5) is 4.39 Å². The predicted molar refractivity (Wildman–Crippen MR) is 208 cm³/mol. The van der Waals surface area contributed by atoms with Crippen molar-refractivity contribution in [2.75, 3.05) is 0 Å². The third-order valence-corrected chi connectivity index (χ3v) is 13.6. The molecule has 0 heterocycles. The number of hydrogen-bond acceptors (Lipinski definition) is 3. The summed E-state index contributed by atoms with van der Waals surface area (Å²) < 4.78 is 31.4.